The first kappa shape index (κ1) is 16.8. The van der Waals surface area contributed by atoms with E-state index >= 15 is 0 Å². The fourth-order valence-electron chi connectivity index (χ4n) is 2.75. The number of nitrogens with one attached hydrogen (secondary N) is 2. The van der Waals surface area contributed by atoms with Gasteiger partial charge in [0.2, 0.25) is 5.91 Å². The van der Waals surface area contributed by atoms with Crippen molar-refractivity contribution in [3.8, 4) is 0 Å². The molecule has 0 saturated carbocycles. The number of hydrogen-bond donors (Lipinski definition) is 2. The molecule has 130 valence electrons. The third-order valence-corrected chi connectivity index (χ3v) is 3.95. The minimum atomic E-state index is -0.692. The number of halogens is 2. The molecule has 25 heavy (non-hydrogen) atoms. The van der Waals surface area contributed by atoms with Crippen molar-refractivity contribution in [2.45, 2.75) is 26.8 Å². The van der Waals surface area contributed by atoms with Gasteiger partial charge in [-0.1, -0.05) is 0 Å². The highest BCUT2D eigenvalue weighted by Gasteiger charge is 2.14. The molecule has 0 radical (unpaired) electrons. The van der Waals surface area contributed by atoms with Gasteiger partial charge in [-0.2, -0.15) is 0 Å². The van der Waals surface area contributed by atoms with Gasteiger partial charge in [0.25, 0.3) is 5.56 Å². The molecule has 2 heterocycles. The average Bonchev–Trinajstić information content (AvgIpc) is 2.89. The summed E-state index contributed by atoms with van der Waals surface area (Å²) >= 11 is 0. The van der Waals surface area contributed by atoms with Crippen LogP contribution in [0.2, 0.25) is 0 Å². The van der Waals surface area contributed by atoms with E-state index in [-0.39, 0.29) is 24.4 Å². The van der Waals surface area contributed by atoms with E-state index in [9.17, 15) is 18.4 Å². The third kappa shape index (κ3) is 3.57. The minimum Gasteiger partial charge on any atom is -0.352 e. The first-order valence-corrected chi connectivity index (χ1v) is 7.63. The van der Waals surface area contributed by atoms with E-state index in [0.717, 1.165) is 18.2 Å². The Hall–Kier alpha value is -3.03. The Morgan fingerprint density at radius 3 is 2.56 bits per heavy atom. The zero-order valence-corrected chi connectivity index (χ0v) is 13.7. The number of aromatic amines is 1. The van der Waals surface area contributed by atoms with Gasteiger partial charge in [0.1, 0.15) is 11.6 Å². The van der Waals surface area contributed by atoms with Gasteiger partial charge in [0.15, 0.2) is 5.65 Å². The summed E-state index contributed by atoms with van der Waals surface area (Å²) in [5.41, 5.74) is 2.58. The Balaban J connectivity index is 1.76. The molecule has 0 aliphatic heterocycles. The number of carbonyl (C=O) groups excluding carboxylic acids is 1. The molecule has 2 aromatic heterocycles. The number of carbonyl (C=O) groups is 1. The van der Waals surface area contributed by atoms with Crippen molar-refractivity contribution in [2.75, 3.05) is 0 Å². The van der Waals surface area contributed by atoms with Crippen molar-refractivity contribution >= 4 is 11.6 Å². The van der Waals surface area contributed by atoms with Gasteiger partial charge in [0.05, 0.1) is 6.42 Å². The molecule has 0 unspecified atom stereocenters. The molecule has 0 aliphatic carbocycles. The molecule has 0 saturated heterocycles. The largest absolute Gasteiger partial charge is 0.352 e. The number of benzene rings is 1. The van der Waals surface area contributed by atoms with Gasteiger partial charge in [-0.25, -0.2) is 18.3 Å². The Morgan fingerprint density at radius 2 is 1.88 bits per heavy atom. The van der Waals surface area contributed by atoms with Crippen LogP contribution in [0, 0.1) is 25.5 Å². The van der Waals surface area contributed by atoms with Crippen molar-refractivity contribution < 1.29 is 13.6 Å². The van der Waals surface area contributed by atoms with E-state index in [2.05, 4.69) is 15.4 Å². The van der Waals surface area contributed by atoms with E-state index < -0.39 is 11.6 Å². The van der Waals surface area contributed by atoms with Crippen LogP contribution in [0.15, 0.2) is 29.1 Å². The van der Waals surface area contributed by atoms with Crippen molar-refractivity contribution in [1.82, 2.24) is 19.9 Å². The molecule has 3 rings (SSSR count). The average molecular weight is 346 g/mol. The maximum atomic E-state index is 13.2. The van der Waals surface area contributed by atoms with E-state index in [1.54, 1.807) is 13.8 Å². The molecule has 3 aromatic rings. The smallest absolute Gasteiger partial charge is 0.266 e. The van der Waals surface area contributed by atoms with Gasteiger partial charge in [-0.3, -0.25) is 14.7 Å². The number of amides is 1. The van der Waals surface area contributed by atoms with Gasteiger partial charge >= 0.3 is 0 Å². The van der Waals surface area contributed by atoms with Crippen LogP contribution >= 0.6 is 0 Å². The predicted molar refractivity (Wildman–Crippen MR) is 87.2 cm³/mol. The lowest BCUT2D eigenvalue weighted by molar-refractivity contribution is -0.120. The standard InChI is InChI=1S/C17H16F2N4O2/c1-9-14(10(2)23-15(21-9)7-17(25)22-23)6-16(24)20-8-11-3-12(18)5-13(19)4-11/h3-5,7H,6,8H2,1-2H3,(H,20,24)(H,22,25). The van der Waals surface area contributed by atoms with Crippen molar-refractivity contribution in [3.05, 3.63) is 68.8 Å². The lowest BCUT2D eigenvalue weighted by atomic mass is 10.1. The quantitative estimate of drug-likeness (QED) is 0.756. The molecule has 2 N–H and O–H groups in total. The third-order valence-electron chi connectivity index (χ3n) is 3.95. The Labute approximate surface area is 141 Å². The lowest BCUT2D eigenvalue weighted by Crippen LogP contribution is -2.26. The maximum absolute atomic E-state index is 13.2. The summed E-state index contributed by atoms with van der Waals surface area (Å²) in [6, 6.07) is 4.48. The van der Waals surface area contributed by atoms with E-state index in [1.165, 1.54) is 10.6 Å². The highest BCUT2D eigenvalue weighted by atomic mass is 19.1. The number of rotatable bonds is 4. The van der Waals surface area contributed by atoms with Crippen molar-refractivity contribution in [3.63, 3.8) is 0 Å². The second kappa shape index (κ2) is 6.46. The van der Waals surface area contributed by atoms with Gasteiger partial charge in [-0.15, -0.1) is 0 Å². The molecule has 1 aromatic carbocycles. The number of fused-ring (bicyclic) bond motifs is 1. The van der Waals surface area contributed by atoms with Crippen LogP contribution in [-0.2, 0) is 17.8 Å². The summed E-state index contributed by atoms with van der Waals surface area (Å²) in [4.78, 5) is 27.9. The monoisotopic (exact) mass is 346 g/mol. The normalized spacial score (nSPS) is 11.0. The van der Waals surface area contributed by atoms with Gasteiger partial charge in [-0.05, 0) is 31.5 Å². The molecule has 0 fully saturated rings. The SMILES string of the molecule is Cc1nc2cc(=O)[nH]n2c(C)c1CC(=O)NCc1cc(F)cc(F)c1. The number of hydrogen-bond acceptors (Lipinski definition) is 3. The van der Waals surface area contributed by atoms with Crippen LogP contribution in [0.4, 0.5) is 8.78 Å². The van der Waals surface area contributed by atoms with E-state index in [0.29, 0.717) is 28.2 Å². The summed E-state index contributed by atoms with van der Waals surface area (Å²) in [5, 5.41) is 5.25. The molecule has 0 atom stereocenters. The zero-order valence-electron chi connectivity index (χ0n) is 13.7. The Bertz CT molecular complexity index is 1000. The Kier molecular flexibility index (Phi) is 4.35. The van der Waals surface area contributed by atoms with Gasteiger partial charge < -0.3 is 5.32 Å². The lowest BCUT2D eigenvalue weighted by Gasteiger charge is -2.12. The maximum Gasteiger partial charge on any atom is 0.266 e. The number of nitrogens with zero attached hydrogens (tertiary/aromatic N) is 2. The van der Waals surface area contributed by atoms with Crippen LogP contribution in [0.25, 0.3) is 5.65 Å². The van der Waals surface area contributed by atoms with E-state index in [1.807, 2.05) is 0 Å². The van der Waals surface area contributed by atoms with Gasteiger partial charge in [0, 0.05) is 35.6 Å². The summed E-state index contributed by atoms with van der Waals surface area (Å²) < 4.78 is 27.9. The zero-order chi connectivity index (χ0) is 18.1. The molecule has 0 spiro atoms. The summed E-state index contributed by atoms with van der Waals surface area (Å²) in [6.45, 7) is 3.55. The summed E-state index contributed by atoms with van der Waals surface area (Å²) in [7, 11) is 0. The first-order chi connectivity index (χ1) is 11.8. The van der Waals surface area contributed by atoms with Crippen LogP contribution in [0.3, 0.4) is 0 Å². The number of H-pyrrole nitrogens is 1. The molecule has 0 aliphatic rings. The van der Waals surface area contributed by atoms with Crippen LogP contribution in [0.5, 0.6) is 0 Å². The number of aryl methyl sites for hydroxylation is 2. The minimum absolute atomic E-state index is 0.0155. The molecule has 8 heteroatoms. The molecule has 6 nitrogen and oxygen atoms in total. The fraction of sp³-hybridized carbons (Fsp3) is 0.235. The van der Waals surface area contributed by atoms with Crippen LogP contribution in [0.1, 0.15) is 22.5 Å². The Morgan fingerprint density at radius 1 is 1.20 bits per heavy atom. The van der Waals surface area contributed by atoms with Crippen LogP contribution < -0.4 is 10.9 Å². The van der Waals surface area contributed by atoms with Crippen LogP contribution in [-0.4, -0.2) is 20.5 Å². The molecule has 1 amide bonds. The van der Waals surface area contributed by atoms with Crippen molar-refractivity contribution in [1.29, 1.82) is 0 Å². The fourth-order valence-corrected chi connectivity index (χ4v) is 2.75. The second-order valence-corrected chi connectivity index (χ2v) is 5.81. The molecular weight excluding hydrogens is 330 g/mol. The first-order valence-electron chi connectivity index (χ1n) is 7.63. The second-order valence-electron chi connectivity index (χ2n) is 5.81. The highest BCUT2D eigenvalue weighted by molar-refractivity contribution is 5.79. The van der Waals surface area contributed by atoms with Crippen molar-refractivity contribution in [2.24, 2.45) is 0 Å². The van der Waals surface area contributed by atoms with E-state index in [4.69, 9.17) is 0 Å². The predicted octanol–water partition coefficient (Wildman–Crippen LogP) is 1.78. The molecule has 0 bridgehead atoms. The molecular formula is C17H16F2N4O2. The number of aromatic nitrogens is 3. The summed E-state index contributed by atoms with van der Waals surface area (Å²) in [5.74, 6) is -1.70. The highest BCUT2D eigenvalue weighted by Crippen LogP contribution is 2.14. The topological polar surface area (TPSA) is 79.3 Å². The summed E-state index contributed by atoms with van der Waals surface area (Å²) in [6.07, 6.45) is 0.0403.